The first kappa shape index (κ1) is 67.6. The number of unbranched alkanes of at least 4 members (excludes halogenated alkanes) is 36. The molecule has 0 aromatic rings. The molecule has 7 unspecified atom stereocenters. The molecule has 0 radical (unpaired) electrons. The molecule has 1 rings (SSSR count). The van der Waals surface area contributed by atoms with Crippen LogP contribution in [0.4, 0.5) is 0 Å². The molecule has 7 atom stereocenters. The average Bonchev–Trinajstić information content (AvgIpc) is 3.34. The average molecular weight is 1030 g/mol. The van der Waals surface area contributed by atoms with Gasteiger partial charge in [0.05, 0.1) is 25.4 Å². The van der Waals surface area contributed by atoms with Crippen LogP contribution < -0.4 is 5.32 Å². The van der Waals surface area contributed by atoms with E-state index in [2.05, 4.69) is 47.7 Å². The van der Waals surface area contributed by atoms with Gasteiger partial charge >= 0.3 is 10.4 Å². The molecule has 0 aromatic carbocycles. The Bertz CT molecular complexity index is 1350. The van der Waals surface area contributed by atoms with Crippen molar-refractivity contribution in [3.05, 3.63) is 24.3 Å². The van der Waals surface area contributed by atoms with Crippen LogP contribution in [0.25, 0.3) is 0 Å². The van der Waals surface area contributed by atoms with Crippen LogP contribution in [0, 0.1) is 0 Å². The summed E-state index contributed by atoms with van der Waals surface area (Å²) in [5.41, 5.74) is 0. The number of allylic oxidation sites excluding steroid dienone is 4. The maximum Gasteiger partial charge on any atom is 0.397 e. The molecule has 12 nitrogen and oxygen atoms in total. The van der Waals surface area contributed by atoms with Crippen LogP contribution >= 0.6 is 0 Å². The highest BCUT2D eigenvalue weighted by Crippen LogP contribution is 2.26. The maximum absolute atomic E-state index is 13.2. The van der Waals surface area contributed by atoms with E-state index in [9.17, 15) is 38.2 Å². The van der Waals surface area contributed by atoms with Crippen molar-refractivity contribution in [3.63, 3.8) is 0 Å². The Balaban J connectivity index is 2.34. The Morgan fingerprint density at radius 2 is 0.944 bits per heavy atom. The number of carbonyl (C=O) groups excluding carboxylic acids is 1. The van der Waals surface area contributed by atoms with Crippen LogP contribution in [0.1, 0.15) is 284 Å². The number of hydrogen-bond donors (Lipinski definition) is 6. The third kappa shape index (κ3) is 40.6. The van der Waals surface area contributed by atoms with Crippen molar-refractivity contribution in [2.24, 2.45) is 0 Å². The highest BCUT2D eigenvalue weighted by Gasteiger charge is 2.48. The Morgan fingerprint density at radius 3 is 1.34 bits per heavy atom. The lowest BCUT2D eigenvalue weighted by Crippen LogP contribution is -2.61. The number of aliphatic hydroxyl groups excluding tert-OH is 4. The van der Waals surface area contributed by atoms with Crippen molar-refractivity contribution in [1.29, 1.82) is 0 Å². The molecule has 1 aliphatic rings. The Labute approximate surface area is 435 Å². The molecule has 1 fully saturated rings. The van der Waals surface area contributed by atoms with Gasteiger partial charge in [0.15, 0.2) is 6.29 Å². The van der Waals surface area contributed by atoms with Crippen molar-refractivity contribution in [1.82, 2.24) is 5.32 Å². The van der Waals surface area contributed by atoms with Crippen LogP contribution in [0.2, 0.25) is 0 Å². The van der Waals surface area contributed by atoms with Gasteiger partial charge in [-0.05, 0) is 44.9 Å². The van der Waals surface area contributed by atoms with Gasteiger partial charge in [-0.2, -0.15) is 8.42 Å². The Morgan fingerprint density at radius 1 is 0.563 bits per heavy atom. The van der Waals surface area contributed by atoms with E-state index in [4.69, 9.17) is 9.47 Å². The lowest BCUT2D eigenvalue weighted by atomic mass is 9.99. The van der Waals surface area contributed by atoms with E-state index < -0.39 is 59.9 Å². The van der Waals surface area contributed by atoms with Gasteiger partial charge in [0, 0.05) is 6.42 Å². The molecule has 1 saturated heterocycles. The summed E-state index contributed by atoms with van der Waals surface area (Å²) >= 11 is 0. The molecular weight excluding hydrogens is 919 g/mol. The normalized spacial score (nSPS) is 19.6. The summed E-state index contributed by atoms with van der Waals surface area (Å²) in [6, 6.07) is -0.860. The van der Waals surface area contributed by atoms with Gasteiger partial charge in [-0.1, -0.05) is 256 Å². The van der Waals surface area contributed by atoms with Gasteiger partial charge in [-0.3, -0.25) is 9.35 Å². The van der Waals surface area contributed by atoms with E-state index in [0.29, 0.717) is 12.8 Å². The predicted molar refractivity (Wildman–Crippen MR) is 292 cm³/mol. The van der Waals surface area contributed by atoms with Crippen LogP contribution in [-0.4, -0.2) is 95.4 Å². The minimum absolute atomic E-state index is 0.230. The number of ether oxygens (including phenoxy) is 2. The second-order valence-electron chi connectivity index (χ2n) is 20.9. The predicted octanol–water partition coefficient (Wildman–Crippen LogP) is 14.0. The van der Waals surface area contributed by atoms with Crippen molar-refractivity contribution in [2.75, 3.05) is 13.2 Å². The number of amides is 1. The van der Waals surface area contributed by atoms with Crippen molar-refractivity contribution in [2.45, 2.75) is 326 Å². The summed E-state index contributed by atoms with van der Waals surface area (Å²) in [4.78, 5) is 13.2. The third-order valence-corrected chi connectivity index (χ3v) is 14.7. The molecule has 0 aliphatic carbocycles. The number of rotatable bonds is 52. The van der Waals surface area contributed by atoms with Crippen molar-refractivity contribution < 1.29 is 51.8 Å². The first-order valence-electron chi connectivity index (χ1n) is 29.7. The topological polar surface area (TPSA) is 192 Å². The molecular formula is C58H111NO11S. The zero-order valence-electron chi connectivity index (χ0n) is 45.6. The summed E-state index contributed by atoms with van der Waals surface area (Å²) in [5, 5.41) is 45.1. The van der Waals surface area contributed by atoms with Crippen LogP contribution in [0.15, 0.2) is 24.3 Å². The number of hydrogen-bond acceptors (Lipinski definition) is 10. The van der Waals surface area contributed by atoms with Gasteiger partial charge in [-0.25, -0.2) is 4.18 Å². The summed E-state index contributed by atoms with van der Waals surface area (Å²) in [6.07, 6.45) is 50.4. The minimum atomic E-state index is -5.08. The molecule has 71 heavy (non-hydrogen) atoms. The molecule has 6 N–H and O–H groups in total. The van der Waals surface area contributed by atoms with E-state index in [1.807, 2.05) is 0 Å². The molecule has 0 aromatic heterocycles. The molecule has 0 bridgehead atoms. The van der Waals surface area contributed by atoms with Gasteiger partial charge in [0.1, 0.15) is 24.4 Å². The number of aliphatic hydroxyl groups is 4. The molecule has 13 heteroatoms. The van der Waals surface area contributed by atoms with Crippen LogP contribution in [0.3, 0.4) is 0 Å². The fourth-order valence-electron chi connectivity index (χ4n) is 9.67. The van der Waals surface area contributed by atoms with Gasteiger partial charge < -0.3 is 35.2 Å². The van der Waals surface area contributed by atoms with E-state index in [1.54, 1.807) is 0 Å². The van der Waals surface area contributed by atoms with Gasteiger partial charge in [0.2, 0.25) is 5.91 Å². The van der Waals surface area contributed by atoms with E-state index in [1.165, 1.54) is 193 Å². The smallest absolute Gasteiger partial charge is 0.394 e. The lowest BCUT2D eigenvalue weighted by molar-refractivity contribution is -0.298. The van der Waals surface area contributed by atoms with Crippen molar-refractivity contribution >= 4 is 16.3 Å². The summed E-state index contributed by atoms with van der Waals surface area (Å²) in [7, 11) is -5.08. The second kappa shape index (κ2) is 48.2. The summed E-state index contributed by atoms with van der Waals surface area (Å²) in [5.74, 6) is -0.230. The van der Waals surface area contributed by atoms with Crippen LogP contribution in [-0.2, 0) is 28.9 Å². The first-order chi connectivity index (χ1) is 34.5. The molecule has 1 amide bonds. The number of nitrogens with one attached hydrogen (secondary N) is 1. The molecule has 0 saturated carbocycles. The molecule has 0 spiro atoms. The fraction of sp³-hybridized carbons (Fsp3) is 0.914. The zero-order chi connectivity index (χ0) is 51.9. The van der Waals surface area contributed by atoms with Crippen molar-refractivity contribution in [3.8, 4) is 0 Å². The standard InChI is InChI=1S/C58H111NO11S/c1-3-5-7-9-11-13-15-17-19-21-23-24-25-26-27-28-30-32-34-36-38-40-42-44-46-48-54(62)59-51(50-68-58-56(64)57(70-71(65,66)67)55(63)53(49-60)69-58)52(61)47-45-43-41-39-37-35-33-31-29-22-20-18-16-14-12-10-8-6-4-2/h23-24,26-27,51-53,55-58,60-61,63-64H,3-22,25,28-50H2,1-2H3,(H,59,62)(H,65,66,67)/b24-23-,27-26-. The lowest BCUT2D eigenvalue weighted by Gasteiger charge is -2.41. The third-order valence-electron chi connectivity index (χ3n) is 14.3. The summed E-state index contributed by atoms with van der Waals surface area (Å²) in [6.45, 7) is 3.49. The second-order valence-corrected chi connectivity index (χ2v) is 22.0. The SMILES string of the molecule is CCCCCCCCCCC/C=C\C/C=C\CCCCCCCCCCCC(=O)NC(COC1OC(CO)C(O)C(OS(=O)(=O)O)C1O)C(O)CCCCCCCCCCCCCCCCCCCCC. The van der Waals surface area contributed by atoms with Gasteiger partial charge in [0.25, 0.3) is 0 Å². The first-order valence-corrected chi connectivity index (χ1v) is 31.1. The largest absolute Gasteiger partial charge is 0.397 e. The zero-order valence-corrected chi connectivity index (χ0v) is 46.4. The quantitative estimate of drug-likeness (QED) is 0.0193. The van der Waals surface area contributed by atoms with E-state index in [-0.39, 0.29) is 18.9 Å². The highest BCUT2D eigenvalue weighted by atomic mass is 32.3. The molecule has 1 aliphatic heterocycles. The Kier molecular flexibility index (Phi) is 45.9. The van der Waals surface area contributed by atoms with E-state index in [0.717, 1.165) is 57.8 Å². The maximum atomic E-state index is 13.2. The molecule has 1 heterocycles. The fourth-order valence-corrected chi connectivity index (χ4v) is 10.2. The number of carbonyl (C=O) groups is 1. The van der Waals surface area contributed by atoms with Gasteiger partial charge in [-0.15, -0.1) is 0 Å². The highest BCUT2D eigenvalue weighted by molar-refractivity contribution is 7.80. The monoisotopic (exact) mass is 1030 g/mol. The molecule has 420 valence electrons. The minimum Gasteiger partial charge on any atom is -0.394 e. The summed E-state index contributed by atoms with van der Waals surface area (Å²) < 4.78 is 47.9. The van der Waals surface area contributed by atoms with Crippen LogP contribution in [0.5, 0.6) is 0 Å². The Hall–Kier alpha value is -1.42. The van der Waals surface area contributed by atoms with E-state index >= 15 is 0 Å².